The summed E-state index contributed by atoms with van der Waals surface area (Å²) in [6.45, 7) is 6.75. The largest absolute Gasteiger partial charge is 0.126 e. The van der Waals surface area contributed by atoms with Crippen LogP contribution < -0.4 is 0 Å². The molecule has 0 saturated carbocycles. The van der Waals surface area contributed by atoms with E-state index in [1.165, 1.54) is 24.8 Å². The van der Waals surface area contributed by atoms with Crippen molar-refractivity contribution in [3.05, 3.63) is 11.6 Å². The van der Waals surface area contributed by atoms with E-state index in [9.17, 15) is 0 Å². The second-order valence-electron chi connectivity index (χ2n) is 3.41. The number of rotatable bonds is 6. The van der Waals surface area contributed by atoms with Crippen LogP contribution in [0.15, 0.2) is 11.6 Å². The molecule has 0 fully saturated rings. The molecule has 0 aliphatic heterocycles. The van der Waals surface area contributed by atoms with E-state index in [4.69, 9.17) is 11.6 Å². The van der Waals surface area contributed by atoms with E-state index in [0.717, 1.165) is 18.2 Å². The quantitative estimate of drug-likeness (QED) is 0.429. The normalized spacial score (nSPS) is 12.6. The van der Waals surface area contributed by atoms with Crippen molar-refractivity contribution in [1.29, 1.82) is 0 Å². The lowest BCUT2D eigenvalue weighted by Gasteiger charge is -2.11. The zero-order valence-electron chi connectivity index (χ0n) is 8.57. The number of alkyl halides is 1. The molecule has 0 atom stereocenters. The molecule has 0 aromatic heterocycles. The summed E-state index contributed by atoms with van der Waals surface area (Å²) in [6.07, 6.45) is 7.13. The highest BCUT2D eigenvalue weighted by Gasteiger charge is 2.02. The van der Waals surface area contributed by atoms with Gasteiger partial charge >= 0.3 is 0 Å². The topological polar surface area (TPSA) is 0 Å². The van der Waals surface area contributed by atoms with Crippen molar-refractivity contribution in [1.82, 2.24) is 0 Å². The standard InChI is InChI=1S/C11H21Cl/c1-4-11(5-2)9-10(3)7-6-8-12/h7,11H,4-6,8-9H2,1-3H3. The first-order valence-corrected chi connectivity index (χ1v) is 5.49. The van der Waals surface area contributed by atoms with E-state index >= 15 is 0 Å². The molecule has 0 aromatic carbocycles. The molecule has 12 heavy (non-hydrogen) atoms. The maximum atomic E-state index is 5.61. The molecule has 1 heteroatoms. The Hall–Kier alpha value is 0.0300. The van der Waals surface area contributed by atoms with Gasteiger partial charge in [-0.05, 0) is 25.7 Å². The molecule has 0 unspecified atom stereocenters. The van der Waals surface area contributed by atoms with Gasteiger partial charge in [-0.3, -0.25) is 0 Å². The minimum absolute atomic E-state index is 0.750. The number of hydrogen-bond acceptors (Lipinski definition) is 0. The van der Waals surface area contributed by atoms with Gasteiger partial charge in [-0.1, -0.05) is 38.3 Å². The molecule has 0 heterocycles. The number of allylic oxidation sites excluding steroid dienone is 2. The summed E-state index contributed by atoms with van der Waals surface area (Å²) in [5.74, 6) is 1.62. The molecule has 0 amide bonds. The second kappa shape index (κ2) is 7.67. The van der Waals surface area contributed by atoms with E-state index in [-0.39, 0.29) is 0 Å². The minimum Gasteiger partial charge on any atom is -0.126 e. The lowest BCUT2D eigenvalue weighted by atomic mass is 9.95. The van der Waals surface area contributed by atoms with E-state index in [1.807, 2.05) is 0 Å². The van der Waals surface area contributed by atoms with Gasteiger partial charge in [0.25, 0.3) is 0 Å². The summed E-state index contributed by atoms with van der Waals surface area (Å²) in [5, 5.41) is 0. The van der Waals surface area contributed by atoms with Crippen molar-refractivity contribution in [2.24, 2.45) is 5.92 Å². The van der Waals surface area contributed by atoms with Gasteiger partial charge in [-0.2, -0.15) is 0 Å². The van der Waals surface area contributed by atoms with Crippen LogP contribution in [0.25, 0.3) is 0 Å². The molecule has 0 rings (SSSR count). The van der Waals surface area contributed by atoms with Gasteiger partial charge in [-0.25, -0.2) is 0 Å². The van der Waals surface area contributed by atoms with Crippen molar-refractivity contribution in [3.63, 3.8) is 0 Å². The third-order valence-corrected chi connectivity index (χ3v) is 2.59. The Morgan fingerprint density at radius 2 is 1.92 bits per heavy atom. The summed E-state index contributed by atoms with van der Waals surface area (Å²) < 4.78 is 0. The fraction of sp³-hybridized carbons (Fsp3) is 0.818. The highest BCUT2D eigenvalue weighted by atomic mass is 35.5. The van der Waals surface area contributed by atoms with Crippen LogP contribution in [-0.2, 0) is 0 Å². The van der Waals surface area contributed by atoms with Gasteiger partial charge in [0.05, 0.1) is 0 Å². The Labute approximate surface area is 82.0 Å². The third kappa shape index (κ3) is 5.65. The molecule has 0 nitrogen and oxygen atoms in total. The summed E-state index contributed by atoms with van der Waals surface area (Å²) in [6, 6.07) is 0. The Kier molecular flexibility index (Phi) is 7.69. The fourth-order valence-electron chi connectivity index (χ4n) is 1.42. The van der Waals surface area contributed by atoms with E-state index in [0.29, 0.717) is 0 Å². The van der Waals surface area contributed by atoms with E-state index in [2.05, 4.69) is 26.8 Å². The van der Waals surface area contributed by atoms with Crippen molar-refractivity contribution in [3.8, 4) is 0 Å². The number of hydrogen-bond donors (Lipinski definition) is 0. The Balaban J connectivity index is 3.71. The SMILES string of the molecule is CCC(CC)CC(C)=CCCCl. The molecule has 0 N–H and O–H groups in total. The summed E-state index contributed by atoms with van der Waals surface area (Å²) in [4.78, 5) is 0. The van der Waals surface area contributed by atoms with Crippen LogP contribution in [0.1, 0.15) is 46.5 Å². The Morgan fingerprint density at radius 3 is 2.33 bits per heavy atom. The van der Waals surface area contributed by atoms with Crippen LogP contribution >= 0.6 is 11.6 Å². The van der Waals surface area contributed by atoms with Crippen LogP contribution in [0.5, 0.6) is 0 Å². The summed E-state index contributed by atoms with van der Waals surface area (Å²) in [7, 11) is 0. The van der Waals surface area contributed by atoms with Crippen LogP contribution in [0.3, 0.4) is 0 Å². The first kappa shape index (κ1) is 12.0. The Bertz CT molecular complexity index is 123. The number of halogens is 1. The van der Waals surface area contributed by atoms with Crippen molar-refractivity contribution in [2.75, 3.05) is 5.88 Å². The zero-order chi connectivity index (χ0) is 9.40. The highest BCUT2D eigenvalue weighted by Crippen LogP contribution is 2.18. The van der Waals surface area contributed by atoms with Gasteiger partial charge in [0.15, 0.2) is 0 Å². The van der Waals surface area contributed by atoms with Crippen LogP contribution in [0, 0.1) is 5.92 Å². The molecule has 0 bridgehead atoms. The van der Waals surface area contributed by atoms with Gasteiger partial charge in [0, 0.05) is 5.88 Å². The first-order valence-electron chi connectivity index (χ1n) is 4.96. The molecular formula is C11H21Cl. The summed E-state index contributed by atoms with van der Waals surface area (Å²) >= 11 is 5.61. The van der Waals surface area contributed by atoms with E-state index in [1.54, 1.807) is 0 Å². The first-order chi connectivity index (χ1) is 5.74. The fourth-order valence-corrected chi connectivity index (χ4v) is 1.53. The third-order valence-electron chi connectivity index (χ3n) is 2.37. The monoisotopic (exact) mass is 188 g/mol. The smallest absolute Gasteiger partial charge is 0.0258 e. The average molecular weight is 189 g/mol. The molecule has 0 radical (unpaired) electrons. The zero-order valence-corrected chi connectivity index (χ0v) is 9.32. The maximum absolute atomic E-state index is 5.61. The molecule has 0 saturated heterocycles. The van der Waals surface area contributed by atoms with Gasteiger partial charge in [0.1, 0.15) is 0 Å². The van der Waals surface area contributed by atoms with Crippen molar-refractivity contribution < 1.29 is 0 Å². The van der Waals surface area contributed by atoms with Crippen molar-refractivity contribution in [2.45, 2.75) is 46.5 Å². The predicted octanol–water partition coefficient (Wildman–Crippen LogP) is 4.39. The van der Waals surface area contributed by atoms with Crippen LogP contribution in [-0.4, -0.2) is 5.88 Å². The van der Waals surface area contributed by atoms with Crippen molar-refractivity contribution >= 4 is 11.6 Å². The van der Waals surface area contributed by atoms with E-state index < -0.39 is 0 Å². The average Bonchev–Trinajstić information content (AvgIpc) is 2.10. The molecule has 0 spiro atoms. The highest BCUT2D eigenvalue weighted by molar-refractivity contribution is 6.17. The minimum atomic E-state index is 0.750. The Morgan fingerprint density at radius 1 is 1.33 bits per heavy atom. The molecule has 0 aliphatic carbocycles. The maximum Gasteiger partial charge on any atom is 0.0258 e. The van der Waals surface area contributed by atoms with Crippen LogP contribution in [0.2, 0.25) is 0 Å². The van der Waals surface area contributed by atoms with Gasteiger partial charge in [0.2, 0.25) is 0 Å². The molecule has 0 aromatic rings. The predicted molar refractivity (Wildman–Crippen MR) is 57.8 cm³/mol. The van der Waals surface area contributed by atoms with Gasteiger partial charge in [-0.15, -0.1) is 11.6 Å². The lowest BCUT2D eigenvalue weighted by Crippen LogP contribution is -1.97. The van der Waals surface area contributed by atoms with Crippen LogP contribution in [0.4, 0.5) is 0 Å². The molecule has 0 aliphatic rings. The lowest BCUT2D eigenvalue weighted by molar-refractivity contribution is 0.488. The van der Waals surface area contributed by atoms with Gasteiger partial charge < -0.3 is 0 Å². The summed E-state index contributed by atoms with van der Waals surface area (Å²) in [5.41, 5.74) is 1.50. The molecular weight excluding hydrogens is 168 g/mol. The molecule has 72 valence electrons. The second-order valence-corrected chi connectivity index (χ2v) is 3.79.